The van der Waals surface area contributed by atoms with Gasteiger partial charge in [0.05, 0.1) is 6.42 Å². The molecule has 0 fully saturated rings. The fourth-order valence-electron chi connectivity index (χ4n) is 0.737. The molecular formula is C6H11F3N2O. The van der Waals surface area contributed by atoms with Gasteiger partial charge in [0.15, 0.2) is 0 Å². The van der Waals surface area contributed by atoms with Crippen molar-refractivity contribution in [2.24, 2.45) is 11.5 Å². The van der Waals surface area contributed by atoms with E-state index in [1.807, 2.05) is 0 Å². The summed E-state index contributed by atoms with van der Waals surface area (Å²) in [7, 11) is 0. The van der Waals surface area contributed by atoms with E-state index < -0.39 is 24.0 Å². The normalized spacial score (nSPS) is 17.1. The lowest BCUT2D eigenvalue weighted by atomic mass is 9.92. The predicted octanol–water partition coefficient (Wildman–Crippen LogP) is 0.532. The number of carbonyl (C=O) groups excluding carboxylic acids is 1. The van der Waals surface area contributed by atoms with Crippen molar-refractivity contribution >= 4 is 5.91 Å². The summed E-state index contributed by atoms with van der Waals surface area (Å²) in [4.78, 5) is 10.3. The van der Waals surface area contributed by atoms with Gasteiger partial charge >= 0.3 is 6.18 Å². The van der Waals surface area contributed by atoms with Crippen LogP contribution in [0.1, 0.15) is 19.8 Å². The van der Waals surface area contributed by atoms with Crippen LogP contribution in [0.25, 0.3) is 0 Å². The molecule has 0 aromatic rings. The molecule has 0 aromatic carbocycles. The predicted molar refractivity (Wildman–Crippen MR) is 37.1 cm³/mol. The maximum absolute atomic E-state index is 12.1. The fourth-order valence-corrected chi connectivity index (χ4v) is 0.737. The zero-order valence-electron chi connectivity index (χ0n) is 6.61. The third-order valence-corrected chi connectivity index (χ3v) is 1.69. The summed E-state index contributed by atoms with van der Waals surface area (Å²) in [5.74, 6) is -1.04. The average Bonchev–Trinajstić information content (AvgIpc) is 1.83. The van der Waals surface area contributed by atoms with Gasteiger partial charge in [0.25, 0.3) is 0 Å². The first-order chi connectivity index (χ1) is 5.23. The van der Waals surface area contributed by atoms with Gasteiger partial charge in [-0.2, -0.15) is 13.2 Å². The number of amides is 1. The molecule has 6 heteroatoms. The number of hydrogen-bond acceptors (Lipinski definition) is 2. The molecule has 0 aromatic heterocycles. The molecule has 4 N–H and O–H groups in total. The summed E-state index contributed by atoms with van der Waals surface area (Å²) >= 11 is 0. The summed E-state index contributed by atoms with van der Waals surface area (Å²) in [6.07, 6.45) is -5.82. The molecule has 72 valence electrons. The molecule has 0 aliphatic heterocycles. The summed E-state index contributed by atoms with van der Waals surface area (Å²) < 4.78 is 36.4. The molecule has 0 spiro atoms. The van der Waals surface area contributed by atoms with Gasteiger partial charge in [0.1, 0.15) is 5.54 Å². The first-order valence-electron chi connectivity index (χ1n) is 3.37. The monoisotopic (exact) mass is 184 g/mol. The zero-order chi connectivity index (χ0) is 9.99. The quantitative estimate of drug-likeness (QED) is 0.671. The standard InChI is InChI=1S/C6H11F3N2O/c1-2-5(11,3-4(10)12)6(7,8)9/h2-3,11H2,1H3,(H2,10,12). The Morgan fingerprint density at radius 3 is 1.92 bits per heavy atom. The van der Waals surface area contributed by atoms with Crippen LogP contribution in [0.4, 0.5) is 13.2 Å². The second kappa shape index (κ2) is 3.30. The first kappa shape index (κ1) is 11.2. The Bertz CT molecular complexity index is 180. The molecule has 0 saturated carbocycles. The molecule has 1 unspecified atom stereocenters. The highest BCUT2D eigenvalue weighted by molar-refractivity contribution is 5.75. The number of carbonyl (C=O) groups is 1. The Balaban J connectivity index is 4.56. The topological polar surface area (TPSA) is 69.1 Å². The van der Waals surface area contributed by atoms with E-state index in [1.54, 1.807) is 0 Å². The Hall–Kier alpha value is -0.780. The van der Waals surface area contributed by atoms with Gasteiger partial charge in [-0.3, -0.25) is 4.79 Å². The smallest absolute Gasteiger partial charge is 0.370 e. The molecule has 0 saturated heterocycles. The van der Waals surface area contributed by atoms with Crippen LogP contribution in [0.3, 0.4) is 0 Å². The molecule has 3 nitrogen and oxygen atoms in total. The van der Waals surface area contributed by atoms with E-state index in [0.717, 1.165) is 0 Å². The Morgan fingerprint density at radius 1 is 1.42 bits per heavy atom. The number of primary amides is 1. The second-order valence-electron chi connectivity index (χ2n) is 2.65. The van der Waals surface area contributed by atoms with E-state index in [9.17, 15) is 18.0 Å². The van der Waals surface area contributed by atoms with Gasteiger partial charge in [-0.15, -0.1) is 0 Å². The lowest BCUT2D eigenvalue weighted by molar-refractivity contribution is -0.189. The lowest BCUT2D eigenvalue weighted by Gasteiger charge is -2.29. The molecular weight excluding hydrogens is 173 g/mol. The first-order valence-corrected chi connectivity index (χ1v) is 3.37. The summed E-state index contributed by atoms with van der Waals surface area (Å²) in [5.41, 5.74) is 7.11. The van der Waals surface area contributed by atoms with Crippen molar-refractivity contribution in [3.8, 4) is 0 Å². The van der Waals surface area contributed by atoms with Crippen molar-refractivity contribution in [3.05, 3.63) is 0 Å². The summed E-state index contributed by atoms with van der Waals surface area (Å²) in [5, 5.41) is 0. The van der Waals surface area contributed by atoms with Crippen LogP contribution >= 0.6 is 0 Å². The van der Waals surface area contributed by atoms with Crippen molar-refractivity contribution in [1.29, 1.82) is 0 Å². The average molecular weight is 184 g/mol. The Labute approximate surface area is 67.9 Å². The van der Waals surface area contributed by atoms with Crippen LogP contribution in [0.5, 0.6) is 0 Å². The van der Waals surface area contributed by atoms with Gasteiger partial charge in [-0.05, 0) is 6.42 Å². The number of nitrogens with two attached hydrogens (primary N) is 2. The molecule has 0 rings (SSSR count). The molecule has 0 bridgehead atoms. The Morgan fingerprint density at radius 2 is 1.83 bits per heavy atom. The maximum atomic E-state index is 12.1. The third-order valence-electron chi connectivity index (χ3n) is 1.69. The van der Waals surface area contributed by atoms with Crippen molar-refractivity contribution in [2.45, 2.75) is 31.5 Å². The van der Waals surface area contributed by atoms with E-state index in [4.69, 9.17) is 5.73 Å². The van der Waals surface area contributed by atoms with Gasteiger partial charge in [0, 0.05) is 0 Å². The minimum absolute atomic E-state index is 0.362. The van der Waals surface area contributed by atoms with E-state index in [2.05, 4.69) is 5.73 Å². The van der Waals surface area contributed by atoms with Crippen LogP contribution in [-0.2, 0) is 4.79 Å². The van der Waals surface area contributed by atoms with E-state index in [1.165, 1.54) is 6.92 Å². The van der Waals surface area contributed by atoms with E-state index in [-0.39, 0.29) is 6.42 Å². The molecule has 0 aliphatic carbocycles. The van der Waals surface area contributed by atoms with Gasteiger partial charge < -0.3 is 11.5 Å². The number of alkyl halides is 3. The third kappa shape index (κ3) is 2.37. The van der Waals surface area contributed by atoms with Gasteiger partial charge in [-0.1, -0.05) is 6.92 Å². The summed E-state index contributed by atoms with van der Waals surface area (Å²) in [6, 6.07) is 0. The maximum Gasteiger partial charge on any atom is 0.406 e. The SMILES string of the molecule is CCC(N)(CC(N)=O)C(F)(F)F. The number of hydrogen-bond donors (Lipinski definition) is 2. The van der Waals surface area contributed by atoms with Crippen LogP contribution < -0.4 is 11.5 Å². The number of rotatable bonds is 3. The lowest BCUT2D eigenvalue weighted by Crippen LogP contribution is -2.55. The molecule has 0 heterocycles. The molecule has 12 heavy (non-hydrogen) atoms. The Kier molecular flexibility index (Phi) is 3.09. The fraction of sp³-hybridized carbons (Fsp3) is 0.833. The minimum atomic E-state index is -4.59. The van der Waals surface area contributed by atoms with Crippen molar-refractivity contribution < 1.29 is 18.0 Å². The van der Waals surface area contributed by atoms with E-state index >= 15 is 0 Å². The molecule has 0 radical (unpaired) electrons. The zero-order valence-corrected chi connectivity index (χ0v) is 6.61. The van der Waals surface area contributed by atoms with Crippen LogP contribution in [0, 0.1) is 0 Å². The van der Waals surface area contributed by atoms with Crippen molar-refractivity contribution in [2.75, 3.05) is 0 Å². The molecule has 1 atom stereocenters. The van der Waals surface area contributed by atoms with Gasteiger partial charge in [0.2, 0.25) is 5.91 Å². The molecule has 0 aliphatic rings. The highest BCUT2D eigenvalue weighted by Gasteiger charge is 2.51. The second-order valence-corrected chi connectivity index (χ2v) is 2.65. The van der Waals surface area contributed by atoms with Crippen LogP contribution in [-0.4, -0.2) is 17.6 Å². The highest BCUT2D eigenvalue weighted by Crippen LogP contribution is 2.33. The van der Waals surface area contributed by atoms with E-state index in [0.29, 0.717) is 0 Å². The largest absolute Gasteiger partial charge is 0.406 e. The van der Waals surface area contributed by atoms with Crippen molar-refractivity contribution in [3.63, 3.8) is 0 Å². The van der Waals surface area contributed by atoms with Gasteiger partial charge in [-0.25, -0.2) is 0 Å². The number of halogens is 3. The van der Waals surface area contributed by atoms with Crippen LogP contribution in [0.15, 0.2) is 0 Å². The van der Waals surface area contributed by atoms with Crippen LogP contribution in [0.2, 0.25) is 0 Å². The molecule has 1 amide bonds. The summed E-state index contributed by atoms with van der Waals surface area (Å²) in [6.45, 7) is 1.26. The van der Waals surface area contributed by atoms with Crippen molar-refractivity contribution in [1.82, 2.24) is 0 Å². The highest BCUT2D eigenvalue weighted by atomic mass is 19.4. The minimum Gasteiger partial charge on any atom is -0.370 e.